The molecule has 0 aromatic rings. The third-order valence-electron chi connectivity index (χ3n) is 4.53. The smallest absolute Gasteiger partial charge is 0.230 e. The van der Waals surface area contributed by atoms with Crippen molar-refractivity contribution in [3.63, 3.8) is 0 Å². The van der Waals surface area contributed by atoms with Gasteiger partial charge in [0.1, 0.15) is 0 Å². The molecule has 1 saturated carbocycles. The largest absolute Gasteiger partial charge is 0.357 e. The van der Waals surface area contributed by atoms with Crippen LogP contribution in [0.3, 0.4) is 0 Å². The molecule has 5 nitrogen and oxygen atoms in total. The Morgan fingerprint density at radius 2 is 1.83 bits per heavy atom. The number of carbonyl (C=O) groups is 1. The first-order chi connectivity index (χ1) is 10.8. The molecule has 1 fully saturated rings. The van der Waals surface area contributed by atoms with Crippen molar-refractivity contribution in [1.29, 1.82) is 0 Å². The highest BCUT2D eigenvalue weighted by Crippen LogP contribution is 2.38. The van der Waals surface area contributed by atoms with Gasteiger partial charge in [-0.15, -0.1) is 24.0 Å². The van der Waals surface area contributed by atoms with E-state index in [2.05, 4.69) is 37.7 Å². The number of nitrogens with zero attached hydrogens (tertiary/aromatic N) is 2. The maximum atomic E-state index is 12.6. The van der Waals surface area contributed by atoms with Gasteiger partial charge in [0.2, 0.25) is 5.91 Å². The van der Waals surface area contributed by atoms with Gasteiger partial charge in [-0.25, -0.2) is 0 Å². The standard InChI is InChI=1S/C17H34N4OS.HI/c1-7-18-15(19-12-16(2,3)23-6)20-13-17(10-8-9-11-17)14(22)21(4)5;/h7-13H2,1-6H3,(H2,18,19,20);1H. The fourth-order valence-electron chi connectivity index (χ4n) is 2.92. The van der Waals surface area contributed by atoms with Gasteiger partial charge < -0.3 is 15.5 Å². The van der Waals surface area contributed by atoms with Crippen LogP contribution in [0.5, 0.6) is 0 Å². The molecule has 1 aliphatic rings. The first-order valence-corrected chi connectivity index (χ1v) is 9.78. The van der Waals surface area contributed by atoms with Crippen LogP contribution in [-0.2, 0) is 4.79 Å². The molecule has 1 amide bonds. The van der Waals surface area contributed by atoms with Crippen molar-refractivity contribution in [3.8, 4) is 0 Å². The van der Waals surface area contributed by atoms with Crippen LogP contribution in [0.15, 0.2) is 4.99 Å². The fourth-order valence-corrected chi connectivity index (χ4v) is 3.11. The van der Waals surface area contributed by atoms with Crippen molar-refractivity contribution in [2.45, 2.75) is 51.2 Å². The number of guanidine groups is 1. The highest BCUT2D eigenvalue weighted by atomic mass is 127. The van der Waals surface area contributed by atoms with E-state index in [0.29, 0.717) is 6.54 Å². The number of nitrogens with one attached hydrogen (secondary N) is 2. The molecule has 0 bridgehead atoms. The van der Waals surface area contributed by atoms with Gasteiger partial charge in [-0.3, -0.25) is 9.79 Å². The van der Waals surface area contributed by atoms with E-state index in [1.54, 1.807) is 4.90 Å². The topological polar surface area (TPSA) is 56.7 Å². The second kappa shape index (κ2) is 10.7. The second-order valence-electron chi connectivity index (χ2n) is 7.20. The van der Waals surface area contributed by atoms with Crippen LogP contribution in [-0.4, -0.2) is 61.5 Å². The maximum Gasteiger partial charge on any atom is 0.230 e. The average Bonchev–Trinajstić information content (AvgIpc) is 2.99. The van der Waals surface area contributed by atoms with E-state index in [0.717, 1.165) is 44.7 Å². The molecule has 0 atom stereocenters. The van der Waals surface area contributed by atoms with Crippen molar-refractivity contribution in [1.82, 2.24) is 15.5 Å². The molecule has 2 N–H and O–H groups in total. The summed E-state index contributed by atoms with van der Waals surface area (Å²) in [5, 5.41) is 6.71. The Bertz CT molecular complexity index is 421. The zero-order valence-electron chi connectivity index (χ0n) is 16.1. The minimum absolute atomic E-state index is 0. The van der Waals surface area contributed by atoms with E-state index >= 15 is 0 Å². The number of thioether (sulfide) groups is 1. The first-order valence-electron chi connectivity index (χ1n) is 8.55. The number of rotatable bonds is 7. The zero-order chi connectivity index (χ0) is 17.5. The molecule has 0 radical (unpaired) electrons. The summed E-state index contributed by atoms with van der Waals surface area (Å²) in [5.41, 5.74) is -0.269. The van der Waals surface area contributed by atoms with Crippen LogP contribution < -0.4 is 10.6 Å². The molecular formula is C17H35IN4OS. The van der Waals surface area contributed by atoms with Gasteiger partial charge in [0.15, 0.2) is 5.96 Å². The SMILES string of the molecule is CCNC(=NCC(C)(C)SC)NCC1(C(=O)N(C)C)CCCC1.I. The lowest BCUT2D eigenvalue weighted by atomic mass is 9.84. The van der Waals surface area contributed by atoms with Crippen LogP contribution in [0.25, 0.3) is 0 Å². The molecule has 1 aliphatic carbocycles. The summed E-state index contributed by atoms with van der Waals surface area (Å²) in [6, 6.07) is 0. The van der Waals surface area contributed by atoms with Gasteiger partial charge in [-0.1, -0.05) is 12.8 Å². The van der Waals surface area contributed by atoms with E-state index in [1.807, 2.05) is 25.9 Å². The molecule has 0 aromatic carbocycles. The van der Waals surface area contributed by atoms with E-state index in [9.17, 15) is 4.79 Å². The summed E-state index contributed by atoms with van der Waals surface area (Å²) in [5.74, 6) is 1.05. The van der Waals surface area contributed by atoms with Crippen LogP contribution in [0.4, 0.5) is 0 Å². The Balaban J connectivity index is 0.00000529. The van der Waals surface area contributed by atoms with Gasteiger partial charge in [0.25, 0.3) is 0 Å². The first kappa shape index (κ1) is 23.8. The fraction of sp³-hybridized carbons (Fsp3) is 0.882. The summed E-state index contributed by atoms with van der Waals surface area (Å²) in [7, 11) is 3.70. The summed E-state index contributed by atoms with van der Waals surface area (Å²) in [4.78, 5) is 19.1. The molecule has 24 heavy (non-hydrogen) atoms. The molecular weight excluding hydrogens is 435 g/mol. The Kier molecular flexibility index (Phi) is 10.7. The second-order valence-corrected chi connectivity index (χ2v) is 8.71. The molecule has 0 spiro atoms. The molecule has 142 valence electrons. The van der Waals surface area contributed by atoms with Crippen molar-refractivity contribution < 1.29 is 4.79 Å². The van der Waals surface area contributed by atoms with Crippen LogP contribution in [0.1, 0.15) is 46.5 Å². The molecule has 1 rings (SSSR count). The Hall–Kier alpha value is -0.180. The van der Waals surface area contributed by atoms with Gasteiger partial charge >= 0.3 is 0 Å². The zero-order valence-corrected chi connectivity index (χ0v) is 19.2. The van der Waals surface area contributed by atoms with Crippen molar-refractivity contribution >= 4 is 47.6 Å². The third kappa shape index (κ3) is 6.98. The predicted octanol–water partition coefficient (Wildman–Crippen LogP) is 2.95. The third-order valence-corrected chi connectivity index (χ3v) is 5.76. The van der Waals surface area contributed by atoms with Gasteiger partial charge in [0, 0.05) is 31.9 Å². The number of hydrogen-bond donors (Lipinski definition) is 2. The van der Waals surface area contributed by atoms with E-state index < -0.39 is 0 Å². The molecule has 0 saturated heterocycles. The molecule has 7 heteroatoms. The number of aliphatic imine (C=N–C) groups is 1. The monoisotopic (exact) mass is 470 g/mol. The lowest BCUT2D eigenvalue weighted by Crippen LogP contribution is -2.49. The van der Waals surface area contributed by atoms with E-state index in [1.165, 1.54) is 0 Å². The van der Waals surface area contributed by atoms with Crippen LogP contribution >= 0.6 is 35.7 Å². The Labute approximate surface area is 169 Å². The van der Waals surface area contributed by atoms with Crippen LogP contribution in [0, 0.1) is 5.41 Å². The van der Waals surface area contributed by atoms with Crippen molar-refractivity contribution in [3.05, 3.63) is 0 Å². The highest BCUT2D eigenvalue weighted by molar-refractivity contribution is 14.0. The summed E-state index contributed by atoms with van der Waals surface area (Å²) in [6.45, 7) is 8.68. The highest BCUT2D eigenvalue weighted by Gasteiger charge is 2.42. The number of amides is 1. The summed E-state index contributed by atoms with van der Waals surface area (Å²) < 4.78 is 0.118. The molecule has 0 heterocycles. The van der Waals surface area contributed by atoms with Gasteiger partial charge in [0.05, 0.1) is 12.0 Å². The normalized spacial score (nSPS) is 17.2. The van der Waals surface area contributed by atoms with Crippen molar-refractivity contribution in [2.24, 2.45) is 10.4 Å². The number of halogens is 1. The average molecular weight is 470 g/mol. The number of hydrogen-bond acceptors (Lipinski definition) is 3. The quantitative estimate of drug-likeness (QED) is 0.341. The number of carbonyl (C=O) groups excluding carboxylic acids is 1. The summed E-state index contributed by atoms with van der Waals surface area (Å²) in [6.07, 6.45) is 6.31. The molecule has 0 aliphatic heterocycles. The maximum absolute atomic E-state index is 12.6. The predicted molar refractivity (Wildman–Crippen MR) is 117 cm³/mol. The van der Waals surface area contributed by atoms with E-state index in [-0.39, 0.29) is 40.0 Å². The van der Waals surface area contributed by atoms with Crippen molar-refractivity contribution in [2.75, 3.05) is 40.0 Å². The molecule has 0 unspecified atom stereocenters. The summed E-state index contributed by atoms with van der Waals surface area (Å²) >= 11 is 1.82. The van der Waals surface area contributed by atoms with E-state index in [4.69, 9.17) is 4.99 Å². The van der Waals surface area contributed by atoms with Gasteiger partial charge in [-0.2, -0.15) is 11.8 Å². The molecule has 0 aromatic heterocycles. The Morgan fingerprint density at radius 3 is 2.29 bits per heavy atom. The van der Waals surface area contributed by atoms with Crippen LogP contribution in [0.2, 0.25) is 0 Å². The van der Waals surface area contributed by atoms with Gasteiger partial charge in [-0.05, 0) is 39.9 Å². The lowest BCUT2D eigenvalue weighted by molar-refractivity contribution is -0.138. The Morgan fingerprint density at radius 1 is 1.25 bits per heavy atom. The minimum Gasteiger partial charge on any atom is -0.357 e. The minimum atomic E-state index is -0.269. The lowest BCUT2D eigenvalue weighted by Gasteiger charge is -2.31.